The summed E-state index contributed by atoms with van der Waals surface area (Å²) in [6, 6.07) is 3.60. The molecule has 3 N–H and O–H groups in total. The summed E-state index contributed by atoms with van der Waals surface area (Å²) in [5, 5.41) is 14.6. The van der Waals surface area contributed by atoms with Crippen molar-refractivity contribution in [3.8, 4) is 5.82 Å². The number of urea groups is 1. The van der Waals surface area contributed by atoms with Crippen molar-refractivity contribution in [2.45, 2.75) is 33.7 Å². The van der Waals surface area contributed by atoms with Crippen LogP contribution in [0, 0.1) is 12.3 Å². The molecule has 0 atom stereocenters. The van der Waals surface area contributed by atoms with Gasteiger partial charge in [0.15, 0.2) is 0 Å². The number of rotatable bonds is 7. The quantitative estimate of drug-likeness (QED) is 0.721. The topological polar surface area (TPSA) is 92.1 Å². The Bertz CT molecular complexity index is 664. The van der Waals surface area contributed by atoms with Crippen LogP contribution < -0.4 is 10.6 Å². The van der Waals surface area contributed by atoms with E-state index in [0.29, 0.717) is 19.5 Å². The first-order valence-electron chi connectivity index (χ1n) is 7.99. The molecule has 0 unspecified atom stereocenters. The average Bonchev–Trinajstić information content (AvgIpc) is 2.97. The van der Waals surface area contributed by atoms with E-state index in [9.17, 15) is 4.79 Å². The van der Waals surface area contributed by atoms with Gasteiger partial charge in [0, 0.05) is 38.3 Å². The molecule has 7 nitrogen and oxygen atoms in total. The van der Waals surface area contributed by atoms with Gasteiger partial charge in [-0.15, -0.1) is 0 Å². The maximum atomic E-state index is 11.8. The van der Waals surface area contributed by atoms with E-state index >= 15 is 0 Å². The molecule has 0 radical (unpaired) electrons. The molecule has 0 bridgehead atoms. The van der Waals surface area contributed by atoms with Gasteiger partial charge in [-0.2, -0.15) is 0 Å². The first kappa shape index (κ1) is 17.9. The summed E-state index contributed by atoms with van der Waals surface area (Å²) in [6.45, 7) is 6.96. The molecule has 24 heavy (non-hydrogen) atoms. The molecule has 2 aromatic heterocycles. The highest BCUT2D eigenvalue weighted by Crippen LogP contribution is 2.17. The van der Waals surface area contributed by atoms with Crippen LogP contribution in [-0.2, 0) is 6.54 Å². The number of carbonyl (C=O) groups is 1. The molecule has 0 fully saturated rings. The number of carbonyl (C=O) groups excluding carboxylic acids is 1. The van der Waals surface area contributed by atoms with Crippen LogP contribution in [0.4, 0.5) is 4.79 Å². The molecular weight excluding hydrogens is 306 g/mol. The summed E-state index contributed by atoms with van der Waals surface area (Å²) in [5.74, 6) is 1.67. The summed E-state index contributed by atoms with van der Waals surface area (Å²) in [6.07, 6.45) is 5.98. The van der Waals surface area contributed by atoms with Gasteiger partial charge < -0.3 is 15.7 Å². The number of nitrogens with zero attached hydrogens (tertiary/aromatic N) is 3. The van der Waals surface area contributed by atoms with Crippen LogP contribution in [-0.4, -0.2) is 38.8 Å². The van der Waals surface area contributed by atoms with Crippen molar-refractivity contribution in [3.05, 3.63) is 42.1 Å². The van der Waals surface area contributed by atoms with E-state index < -0.39 is 0 Å². The number of hydrogen-bond donors (Lipinski definition) is 3. The Morgan fingerprint density at radius 1 is 1.29 bits per heavy atom. The minimum Gasteiger partial charge on any atom is -0.396 e. The van der Waals surface area contributed by atoms with Crippen molar-refractivity contribution in [2.24, 2.45) is 5.41 Å². The lowest BCUT2D eigenvalue weighted by Gasteiger charge is -2.23. The van der Waals surface area contributed by atoms with Crippen LogP contribution in [0.1, 0.15) is 31.7 Å². The van der Waals surface area contributed by atoms with Crippen LogP contribution in [0.5, 0.6) is 0 Å². The second-order valence-electron chi connectivity index (χ2n) is 6.54. The van der Waals surface area contributed by atoms with Crippen LogP contribution in [0.2, 0.25) is 0 Å². The summed E-state index contributed by atoms with van der Waals surface area (Å²) < 4.78 is 1.90. The van der Waals surface area contributed by atoms with Crippen LogP contribution in [0.15, 0.2) is 30.7 Å². The molecule has 2 heterocycles. The van der Waals surface area contributed by atoms with Gasteiger partial charge in [0.05, 0.1) is 0 Å². The second-order valence-corrected chi connectivity index (χ2v) is 6.54. The second kappa shape index (κ2) is 7.92. The summed E-state index contributed by atoms with van der Waals surface area (Å²) >= 11 is 0. The van der Waals surface area contributed by atoms with Gasteiger partial charge in [-0.05, 0) is 30.4 Å². The van der Waals surface area contributed by atoms with Crippen molar-refractivity contribution < 1.29 is 9.90 Å². The maximum Gasteiger partial charge on any atom is 0.315 e. The van der Waals surface area contributed by atoms with E-state index in [2.05, 4.69) is 20.6 Å². The Morgan fingerprint density at radius 2 is 2.08 bits per heavy atom. The van der Waals surface area contributed by atoms with Crippen molar-refractivity contribution in [3.63, 3.8) is 0 Å². The van der Waals surface area contributed by atoms with Crippen molar-refractivity contribution in [1.82, 2.24) is 25.2 Å². The largest absolute Gasteiger partial charge is 0.396 e. The van der Waals surface area contributed by atoms with Crippen LogP contribution in [0.3, 0.4) is 0 Å². The molecule has 0 aliphatic heterocycles. The first-order chi connectivity index (χ1) is 11.4. The number of aromatic nitrogens is 3. The fourth-order valence-electron chi connectivity index (χ4n) is 2.24. The zero-order chi connectivity index (χ0) is 17.6. The molecule has 2 amide bonds. The fraction of sp³-hybridized carbons (Fsp3) is 0.471. The highest BCUT2D eigenvalue weighted by Gasteiger charge is 2.17. The zero-order valence-corrected chi connectivity index (χ0v) is 14.4. The molecule has 0 spiro atoms. The Kier molecular flexibility index (Phi) is 5.92. The van der Waals surface area contributed by atoms with Gasteiger partial charge in [-0.3, -0.25) is 4.57 Å². The predicted molar refractivity (Wildman–Crippen MR) is 91.8 cm³/mol. The molecule has 2 aromatic rings. The molecular formula is C17H25N5O2. The zero-order valence-electron chi connectivity index (χ0n) is 14.4. The van der Waals surface area contributed by atoms with E-state index in [1.165, 1.54) is 0 Å². The Hall–Kier alpha value is -2.41. The van der Waals surface area contributed by atoms with E-state index in [-0.39, 0.29) is 18.1 Å². The maximum absolute atomic E-state index is 11.8. The first-order valence-corrected chi connectivity index (χ1v) is 7.99. The third kappa shape index (κ3) is 5.06. The number of nitrogens with one attached hydrogen (secondary N) is 2. The van der Waals surface area contributed by atoms with Gasteiger partial charge in [-0.1, -0.05) is 19.9 Å². The third-order valence-corrected chi connectivity index (χ3v) is 3.85. The number of aryl methyl sites for hydroxylation is 1. The standard InChI is InChI=1S/C17H25N5O2/c1-13-18-7-8-22(13)15-5-4-14(10-19-15)11-20-16(24)21-12-17(2,3)6-9-23/h4-5,7-8,10,23H,6,9,11-12H2,1-3H3,(H2,20,21,24). The molecule has 130 valence electrons. The van der Waals surface area contributed by atoms with Gasteiger partial charge in [0.25, 0.3) is 0 Å². The van der Waals surface area contributed by atoms with Crippen LogP contribution >= 0.6 is 0 Å². The minimum absolute atomic E-state index is 0.116. The van der Waals surface area contributed by atoms with Crippen molar-refractivity contribution in [1.29, 1.82) is 0 Å². The summed E-state index contributed by atoms with van der Waals surface area (Å²) in [4.78, 5) is 20.4. The van der Waals surface area contributed by atoms with Crippen LogP contribution in [0.25, 0.3) is 5.82 Å². The van der Waals surface area contributed by atoms with Crippen molar-refractivity contribution in [2.75, 3.05) is 13.2 Å². The molecule has 0 aromatic carbocycles. The Balaban J connectivity index is 1.82. The minimum atomic E-state index is -0.226. The molecule has 0 saturated heterocycles. The smallest absolute Gasteiger partial charge is 0.315 e. The fourth-order valence-corrected chi connectivity index (χ4v) is 2.24. The van der Waals surface area contributed by atoms with Gasteiger partial charge >= 0.3 is 6.03 Å². The number of hydrogen-bond acceptors (Lipinski definition) is 4. The highest BCUT2D eigenvalue weighted by molar-refractivity contribution is 5.73. The predicted octanol–water partition coefficient (Wildman–Crippen LogP) is 1.78. The van der Waals surface area contributed by atoms with Gasteiger partial charge in [-0.25, -0.2) is 14.8 Å². The summed E-state index contributed by atoms with van der Waals surface area (Å²) in [7, 11) is 0. The lowest BCUT2D eigenvalue weighted by molar-refractivity contribution is 0.201. The average molecular weight is 331 g/mol. The highest BCUT2D eigenvalue weighted by atomic mass is 16.3. The number of aliphatic hydroxyl groups is 1. The third-order valence-electron chi connectivity index (χ3n) is 3.85. The lowest BCUT2D eigenvalue weighted by Crippen LogP contribution is -2.40. The van der Waals surface area contributed by atoms with E-state index in [4.69, 9.17) is 5.11 Å². The molecule has 0 saturated carbocycles. The van der Waals surface area contributed by atoms with E-state index in [1.807, 2.05) is 43.7 Å². The number of aliphatic hydroxyl groups excluding tert-OH is 1. The number of pyridine rings is 1. The monoisotopic (exact) mass is 331 g/mol. The van der Waals surface area contributed by atoms with Gasteiger partial charge in [0.1, 0.15) is 11.6 Å². The summed E-state index contributed by atoms with van der Waals surface area (Å²) in [5.41, 5.74) is 0.791. The molecule has 0 aliphatic carbocycles. The number of imidazole rings is 1. The lowest BCUT2D eigenvalue weighted by atomic mass is 9.90. The Labute approximate surface area is 142 Å². The van der Waals surface area contributed by atoms with E-state index in [1.54, 1.807) is 12.4 Å². The number of amides is 2. The molecule has 0 aliphatic rings. The van der Waals surface area contributed by atoms with Crippen molar-refractivity contribution >= 4 is 6.03 Å². The molecule has 2 rings (SSSR count). The normalized spacial score (nSPS) is 11.3. The van der Waals surface area contributed by atoms with Gasteiger partial charge in [0.2, 0.25) is 0 Å². The SMILES string of the molecule is Cc1nccn1-c1ccc(CNC(=O)NCC(C)(C)CCO)cn1. The Morgan fingerprint density at radius 3 is 2.67 bits per heavy atom. The van der Waals surface area contributed by atoms with E-state index in [0.717, 1.165) is 17.2 Å². The molecule has 7 heteroatoms.